The van der Waals surface area contributed by atoms with E-state index in [2.05, 4.69) is 12.8 Å². The summed E-state index contributed by atoms with van der Waals surface area (Å²) in [4.78, 5) is 0. The van der Waals surface area contributed by atoms with Crippen molar-refractivity contribution in [2.24, 2.45) is 5.73 Å². The van der Waals surface area contributed by atoms with Crippen molar-refractivity contribution >= 4 is 5.69 Å². The minimum Gasteiger partial charge on any atom is -0.487 e. The van der Waals surface area contributed by atoms with Crippen molar-refractivity contribution in [2.45, 2.75) is 31.9 Å². The fourth-order valence-corrected chi connectivity index (χ4v) is 1.93. The first kappa shape index (κ1) is 12.4. The van der Waals surface area contributed by atoms with Crippen molar-refractivity contribution in [3.63, 3.8) is 0 Å². The molecule has 1 heterocycles. The second kappa shape index (κ2) is 4.46. The molecule has 0 amide bonds. The van der Waals surface area contributed by atoms with Crippen LogP contribution in [0, 0.1) is 12.8 Å². The van der Waals surface area contributed by atoms with Crippen molar-refractivity contribution in [3.8, 4) is 18.6 Å². The molecule has 1 atom stereocenters. The Labute approximate surface area is 96.8 Å². The summed E-state index contributed by atoms with van der Waals surface area (Å²) in [6.07, 6.45) is 8.82. The lowest BCUT2D eigenvalue weighted by molar-refractivity contribution is 0.0729. The number of hydrogen-bond donors (Lipinski definition) is 2. The summed E-state index contributed by atoms with van der Waals surface area (Å²) in [5.74, 6) is 0.864. The molecule has 0 radical (unpaired) electrons. The van der Waals surface area contributed by atoms with Crippen LogP contribution in [0.4, 0.5) is 5.69 Å². The van der Waals surface area contributed by atoms with Crippen LogP contribution < -0.4 is 16.2 Å². The summed E-state index contributed by atoms with van der Waals surface area (Å²) in [5, 5.41) is 0. The topological polar surface area (TPSA) is 61.3 Å². The van der Waals surface area contributed by atoms with Crippen LogP contribution in [0.3, 0.4) is 0 Å². The van der Waals surface area contributed by atoms with Crippen LogP contribution >= 0.6 is 0 Å². The number of nitrogen functional groups attached to an aromatic ring is 1. The molecule has 1 aliphatic heterocycles. The SMILES string of the molecule is C#C.CC1(C)C[C@H](N)c2cc(N)ccc2O1. The molecule has 4 N–H and O–H groups in total. The molecule has 3 nitrogen and oxygen atoms in total. The zero-order chi connectivity index (χ0) is 12.3. The Bertz CT molecular complexity index is 396. The van der Waals surface area contributed by atoms with E-state index < -0.39 is 0 Å². The van der Waals surface area contributed by atoms with E-state index in [1.54, 1.807) is 0 Å². The number of benzene rings is 1. The van der Waals surface area contributed by atoms with Crippen molar-refractivity contribution < 1.29 is 4.74 Å². The maximum Gasteiger partial charge on any atom is 0.125 e. The molecule has 0 aliphatic carbocycles. The molecule has 0 saturated carbocycles. The molecule has 1 aliphatic rings. The minimum absolute atomic E-state index is 0.0252. The molecule has 0 unspecified atom stereocenters. The first-order chi connectivity index (χ1) is 7.48. The van der Waals surface area contributed by atoms with Crippen LogP contribution in [0.25, 0.3) is 0 Å². The van der Waals surface area contributed by atoms with E-state index in [0.29, 0.717) is 0 Å². The van der Waals surface area contributed by atoms with Gasteiger partial charge in [-0.05, 0) is 32.0 Å². The highest BCUT2D eigenvalue weighted by molar-refractivity contribution is 5.50. The summed E-state index contributed by atoms with van der Waals surface area (Å²) in [6, 6.07) is 5.66. The first-order valence-electron chi connectivity index (χ1n) is 5.15. The fourth-order valence-electron chi connectivity index (χ4n) is 1.93. The van der Waals surface area contributed by atoms with Gasteiger partial charge in [0.25, 0.3) is 0 Å². The molecule has 0 aromatic heterocycles. The molecule has 86 valence electrons. The van der Waals surface area contributed by atoms with Crippen LogP contribution in [0.5, 0.6) is 5.75 Å². The van der Waals surface area contributed by atoms with Gasteiger partial charge in [-0.3, -0.25) is 0 Å². The molecular weight excluding hydrogens is 200 g/mol. The van der Waals surface area contributed by atoms with Crippen LogP contribution in [-0.2, 0) is 0 Å². The van der Waals surface area contributed by atoms with Gasteiger partial charge in [-0.25, -0.2) is 0 Å². The molecule has 0 spiro atoms. The van der Waals surface area contributed by atoms with Gasteiger partial charge >= 0.3 is 0 Å². The number of rotatable bonds is 0. The third kappa shape index (κ3) is 2.47. The lowest BCUT2D eigenvalue weighted by atomic mass is 9.90. The van der Waals surface area contributed by atoms with Gasteiger partial charge in [-0.1, -0.05) is 0 Å². The largest absolute Gasteiger partial charge is 0.487 e. The summed E-state index contributed by atoms with van der Waals surface area (Å²) in [6.45, 7) is 4.10. The van der Waals surface area contributed by atoms with Gasteiger partial charge in [-0.15, -0.1) is 12.8 Å². The highest BCUT2D eigenvalue weighted by Gasteiger charge is 2.31. The fraction of sp³-hybridized carbons (Fsp3) is 0.385. The van der Waals surface area contributed by atoms with E-state index in [4.69, 9.17) is 16.2 Å². The van der Waals surface area contributed by atoms with Crippen molar-refractivity contribution in [2.75, 3.05) is 5.73 Å². The normalized spacial score (nSPS) is 20.9. The van der Waals surface area contributed by atoms with Crippen molar-refractivity contribution in [1.29, 1.82) is 0 Å². The molecule has 1 aromatic rings. The Morgan fingerprint density at radius 1 is 1.38 bits per heavy atom. The van der Waals surface area contributed by atoms with E-state index in [1.165, 1.54) is 0 Å². The molecule has 0 saturated heterocycles. The Morgan fingerprint density at radius 2 is 2.00 bits per heavy atom. The third-order valence-corrected chi connectivity index (χ3v) is 2.53. The van der Waals surface area contributed by atoms with Crippen LogP contribution in [-0.4, -0.2) is 5.60 Å². The number of nitrogens with two attached hydrogens (primary N) is 2. The number of terminal acetylenes is 1. The number of hydrogen-bond acceptors (Lipinski definition) is 3. The van der Waals surface area contributed by atoms with Gasteiger partial charge < -0.3 is 16.2 Å². The average molecular weight is 218 g/mol. The predicted octanol–water partition coefficient (Wildman–Crippen LogP) is 2.08. The lowest BCUT2D eigenvalue weighted by Gasteiger charge is -2.36. The summed E-state index contributed by atoms with van der Waals surface area (Å²) >= 11 is 0. The first-order valence-corrected chi connectivity index (χ1v) is 5.15. The number of ether oxygens (including phenoxy) is 1. The zero-order valence-corrected chi connectivity index (χ0v) is 9.73. The van der Waals surface area contributed by atoms with Crippen LogP contribution in [0.15, 0.2) is 18.2 Å². The van der Waals surface area contributed by atoms with E-state index >= 15 is 0 Å². The molecular formula is C13H18N2O. The molecule has 1 aromatic carbocycles. The van der Waals surface area contributed by atoms with Crippen molar-refractivity contribution in [1.82, 2.24) is 0 Å². The Kier molecular flexibility index (Phi) is 3.46. The Morgan fingerprint density at radius 3 is 2.62 bits per heavy atom. The van der Waals surface area contributed by atoms with Gasteiger partial charge in [0.05, 0.1) is 0 Å². The monoisotopic (exact) mass is 218 g/mol. The average Bonchev–Trinajstić information content (AvgIpc) is 2.21. The van der Waals surface area contributed by atoms with Crippen LogP contribution in [0.2, 0.25) is 0 Å². The Balaban J connectivity index is 0.000000606. The third-order valence-electron chi connectivity index (χ3n) is 2.53. The maximum atomic E-state index is 6.06. The van der Waals surface area contributed by atoms with Gasteiger partial charge in [0.2, 0.25) is 0 Å². The molecule has 2 rings (SSSR count). The molecule has 0 bridgehead atoms. The highest BCUT2D eigenvalue weighted by atomic mass is 16.5. The standard InChI is InChI=1S/C11H16N2O.C2H2/c1-11(2)6-9(13)8-5-7(12)3-4-10(8)14-11;1-2/h3-5,9H,6,12-13H2,1-2H3;1-2H/t9-;/m0./s1. The second-order valence-electron chi connectivity index (χ2n) is 4.47. The second-order valence-corrected chi connectivity index (χ2v) is 4.47. The van der Waals surface area contributed by atoms with Gasteiger partial charge in [0, 0.05) is 23.7 Å². The van der Waals surface area contributed by atoms with E-state index in [-0.39, 0.29) is 11.6 Å². The molecule has 3 heteroatoms. The van der Waals surface area contributed by atoms with Gasteiger partial charge in [0.15, 0.2) is 0 Å². The smallest absolute Gasteiger partial charge is 0.125 e. The zero-order valence-electron chi connectivity index (χ0n) is 9.73. The van der Waals surface area contributed by atoms with E-state index in [9.17, 15) is 0 Å². The summed E-state index contributed by atoms with van der Waals surface area (Å²) in [5.41, 5.74) is 13.3. The molecule has 0 fully saturated rings. The quantitative estimate of drug-likeness (QED) is 0.517. The predicted molar refractivity (Wildman–Crippen MR) is 67.0 cm³/mol. The Hall–Kier alpha value is -1.66. The van der Waals surface area contributed by atoms with Gasteiger partial charge in [-0.2, -0.15) is 0 Å². The summed E-state index contributed by atoms with van der Waals surface area (Å²) in [7, 11) is 0. The minimum atomic E-state index is -0.178. The molecule has 16 heavy (non-hydrogen) atoms. The van der Waals surface area contributed by atoms with E-state index in [0.717, 1.165) is 23.4 Å². The van der Waals surface area contributed by atoms with Crippen LogP contribution in [0.1, 0.15) is 31.9 Å². The van der Waals surface area contributed by atoms with Crippen molar-refractivity contribution in [3.05, 3.63) is 23.8 Å². The maximum absolute atomic E-state index is 6.06. The lowest BCUT2D eigenvalue weighted by Crippen LogP contribution is -2.37. The van der Waals surface area contributed by atoms with E-state index in [1.807, 2.05) is 32.0 Å². The number of anilines is 1. The number of fused-ring (bicyclic) bond motifs is 1. The highest BCUT2D eigenvalue weighted by Crippen LogP contribution is 2.38. The van der Waals surface area contributed by atoms with Gasteiger partial charge in [0.1, 0.15) is 11.4 Å². The summed E-state index contributed by atoms with van der Waals surface area (Å²) < 4.78 is 5.81.